The Morgan fingerprint density at radius 3 is 2.90 bits per heavy atom. The van der Waals surface area contributed by atoms with Gasteiger partial charge in [0.25, 0.3) is 0 Å². The minimum atomic E-state index is 0.0363. The molecule has 5 nitrogen and oxygen atoms in total. The first kappa shape index (κ1) is 14.0. The second kappa shape index (κ2) is 6.24. The van der Waals surface area contributed by atoms with Crippen LogP contribution in [0.4, 0.5) is 0 Å². The minimum Gasteiger partial charge on any atom is -0.383 e. The summed E-state index contributed by atoms with van der Waals surface area (Å²) in [5.74, 6) is 0. The third-order valence-corrected chi connectivity index (χ3v) is 4.03. The molecule has 2 unspecified atom stereocenters. The number of nitrogens with one attached hydrogen (secondary N) is 2. The molecule has 0 saturated carbocycles. The van der Waals surface area contributed by atoms with Crippen LogP contribution in [0.2, 0.25) is 0 Å². The lowest BCUT2D eigenvalue weighted by atomic mass is 10.0. The van der Waals surface area contributed by atoms with Gasteiger partial charge >= 0.3 is 0 Å². The van der Waals surface area contributed by atoms with Gasteiger partial charge in [-0.25, -0.2) is 0 Å². The van der Waals surface area contributed by atoms with Gasteiger partial charge in [-0.2, -0.15) is 0 Å². The van der Waals surface area contributed by atoms with E-state index in [2.05, 4.69) is 26.3 Å². The highest BCUT2D eigenvalue weighted by atomic mass is 32.1. The summed E-state index contributed by atoms with van der Waals surface area (Å²) in [5, 5.41) is 4.13. The van der Waals surface area contributed by atoms with Crippen molar-refractivity contribution >= 4 is 17.3 Å². The summed E-state index contributed by atoms with van der Waals surface area (Å²) in [6.07, 6.45) is 3.74. The number of H-pyrrole nitrogens is 1. The number of aromatic nitrogens is 2. The summed E-state index contributed by atoms with van der Waals surface area (Å²) in [5.41, 5.74) is 2.11. The summed E-state index contributed by atoms with van der Waals surface area (Å²) in [7, 11) is 1.70. The smallest absolute Gasteiger partial charge is 0.170 e. The van der Waals surface area contributed by atoms with E-state index in [0.29, 0.717) is 6.61 Å². The molecule has 6 heteroatoms. The number of ether oxygens (including phenoxy) is 1. The van der Waals surface area contributed by atoms with Crippen molar-refractivity contribution in [3.05, 3.63) is 54.1 Å². The van der Waals surface area contributed by atoms with Crippen LogP contribution in [0, 0.1) is 0 Å². The molecule has 1 fully saturated rings. The van der Waals surface area contributed by atoms with Crippen LogP contribution in [0.1, 0.15) is 23.5 Å². The molecule has 1 saturated heterocycles. The second-order valence-electron chi connectivity index (χ2n) is 4.94. The van der Waals surface area contributed by atoms with Crippen LogP contribution in [-0.4, -0.2) is 40.2 Å². The first-order chi connectivity index (χ1) is 10.3. The van der Waals surface area contributed by atoms with Gasteiger partial charge in [0.05, 0.1) is 24.4 Å². The maximum atomic E-state index is 5.50. The van der Waals surface area contributed by atoms with E-state index in [9.17, 15) is 0 Å². The van der Waals surface area contributed by atoms with Crippen LogP contribution >= 0.6 is 12.2 Å². The summed E-state index contributed by atoms with van der Waals surface area (Å²) in [6.45, 7) is 1.38. The lowest BCUT2D eigenvalue weighted by Crippen LogP contribution is -2.32. The Balaban J connectivity index is 1.94. The Bertz CT molecular complexity index is 587. The largest absolute Gasteiger partial charge is 0.383 e. The molecule has 0 spiro atoms. The van der Waals surface area contributed by atoms with Crippen LogP contribution in [0.25, 0.3) is 0 Å². The molecule has 0 aromatic carbocycles. The lowest BCUT2D eigenvalue weighted by Gasteiger charge is -2.26. The third kappa shape index (κ3) is 2.77. The van der Waals surface area contributed by atoms with Crippen molar-refractivity contribution in [3.63, 3.8) is 0 Å². The van der Waals surface area contributed by atoms with E-state index in [1.165, 1.54) is 0 Å². The van der Waals surface area contributed by atoms with Crippen LogP contribution in [0.3, 0.4) is 0 Å². The topological polar surface area (TPSA) is 53.2 Å². The highest BCUT2D eigenvalue weighted by Gasteiger charge is 2.39. The number of thiocarbonyl (C=S) groups is 1. The zero-order valence-electron chi connectivity index (χ0n) is 11.8. The Morgan fingerprint density at radius 2 is 2.24 bits per heavy atom. The molecule has 2 aromatic rings. The van der Waals surface area contributed by atoms with Gasteiger partial charge in [0, 0.05) is 31.7 Å². The van der Waals surface area contributed by atoms with E-state index < -0.39 is 0 Å². The zero-order chi connectivity index (χ0) is 14.7. The molecule has 21 heavy (non-hydrogen) atoms. The van der Waals surface area contributed by atoms with E-state index in [4.69, 9.17) is 17.0 Å². The Morgan fingerprint density at radius 1 is 1.33 bits per heavy atom. The Labute approximate surface area is 129 Å². The fourth-order valence-corrected chi connectivity index (χ4v) is 3.03. The van der Waals surface area contributed by atoms with Crippen molar-refractivity contribution in [3.8, 4) is 0 Å². The quantitative estimate of drug-likeness (QED) is 0.828. The predicted octanol–water partition coefficient (Wildman–Crippen LogP) is 2.03. The molecule has 0 radical (unpaired) electrons. The summed E-state index contributed by atoms with van der Waals surface area (Å²) in [6, 6.07) is 10.2. The van der Waals surface area contributed by atoms with Crippen molar-refractivity contribution in [2.45, 2.75) is 12.1 Å². The minimum absolute atomic E-state index is 0.0363. The van der Waals surface area contributed by atoms with E-state index in [0.717, 1.165) is 23.0 Å². The molecule has 3 rings (SSSR count). The normalized spacial score (nSPS) is 21.6. The first-order valence-electron chi connectivity index (χ1n) is 6.91. The number of methoxy groups -OCH3 is 1. The number of nitrogens with zero attached hydrogens (tertiary/aromatic N) is 2. The summed E-state index contributed by atoms with van der Waals surface area (Å²) in [4.78, 5) is 9.93. The molecule has 0 bridgehead atoms. The molecule has 2 aromatic heterocycles. The molecule has 1 aliphatic heterocycles. The third-order valence-electron chi connectivity index (χ3n) is 3.67. The van der Waals surface area contributed by atoms with E-state index >= 15 is 0 Å². The maximum Gasteiger partial charge on any atom is 0.170 e. The van der Waals surface area contributed by atoms with Crippen LogP contribution in [0.15, 0.2) is 42.7 Å². The molecule has 0 aliphatic carbocycles. The van der Waals surface area contributed by atoms with Crippen molar-refractivity contribution < 1.29 is 4.74 Å². The van der Waals surface area contributed by atoms with Crippen LogP contribution < -0.4 is 5.32 Å². The van der Waals surface area contributed by atoms with Crippen molar-refractivity contribution in [1.29, 1.82) is 0 Å². The number of rotatable bonds is 5. The predicted molar refractivity (Wildman–Crippen MR) is 84.8 cm³/mol. The van der Waals surface area contributed by atoms with Crippen molar-refractivity contribution in [2.75, 3.05) is 20.3 Å². The average Bonchev–Trinajstić information content (AvgIpc) is 3.13. The summed E-state index contributed by atoms with van der Waals surface area (Å²) >= 11 is 5.50. The molecular weight excluding hydrogens is 284 g/mol. The van der Waals surface area contributed by atoms with Crippen molar-refractivity contribution in [2.24, 2.45) is 0 Å². The highest BCUT2D eigenvalue weighted by Crippen LogP contribution is 2.37. The molecule has 2 N–H and O–H groups in total. The van der Waals surface area contributed by atoms with Crippen LogP contribution in [0.5, 0.6) is 0 Å². The van der Waals surface area contributed by atoms with E-state index in [1.807, 2.05) is 36.7 Å². The summed E-state index contributed by atoms with van der Waals surface area (Å²) < 4.78 is 5.20. The standard InChI is InChI=1S/C15H18N4OS/c1-20-10-9-19-14(12-6-4-8-17-12)13(18-15(19)21)11-5-2-3-7-16-11/h2-8,13-14,17H,9-10H2,1H3,(H,18,21). The fraction of sp³-hybridized carbons (Fsp3) is 0.333. The number of hydrogen-bond donors (Lipinski definition) is 2. The molecule has 1 aliphatic rings. The number of aromatic amines is 1. The molecular formula is C15H18N4OS. The average molecular weight is 302 g/mol. The van der Waals surface area contributed by atoms with E-state index in [-0.39, 0.29) is 12.1 Å². The van der Waals surface area contributed by atoms with E-state index in [1.54, 1.807) is 7.11 Å². The van der Waals surface area contributed by atoms with Gasteiger partial charge in [0.1, 0.15) is 0 Å². The van der Waals surface area contributed by atoms with Gasteiger partial charge in [-0.3, -0.25) is 4.98 Å². The van der Waals surface area contributed by atoms with Crippen LogP contribution in [-0.2, 0) is 4.74 Å². The number of hydrogen-bond acceptors (Lipinski definition) is 3. The van der Waals surface area contributed by atoms with Crippen molar-refractivity contribution in [1.82, 2.24) is 20.2 Å². The maximum absolute atomic E-state index is 5.50. The first-order valence-corrected chi connectivity index (χ1v) is 7.32. The van der Waals surface area contributed by atoms with Gasteiger partial charge in [-0.05, 0) is 36.5 Å². The Kier molecular flexibility index (Phi) is 4.17. The molecule has 3 heterocycles. The second-order valence-corrected chi connectivity index (χ2v) is 5.32. The SMILES string of the molecule is COCCN1C(=S)NC(c2ccccn2)C1c1ccc[nH]1. The van der Waals surface area contributed by atoms with Gasteiger partial charge < -0.3 is 19.9 Å². The monoisotopic (exact) mass is 302 g/mol. The molecule has 110 valence electrons. The van der Waals surface area contributed by atoms with Gasteiger partial charge in [-0.1, -0.05) is 6.07 Å². The lowest BCUT2D eigenvalue weighted by molar-refractivity contribution is 0.163. The molecule has 0 amide bonds. The van der Waals surface area contributed by atoms with Gasteiger partial charge in [0.2, 0.25) is 0 Å². The van der Waals surface area contributed by atoms with Gasteiger partial charge in [0.15, 0.2) is 5.11 Å². The zero-order valence-corrected chi connectivity index (χ0v) is 12.6. The molecule has 2 atom stereocenters. The fourth-order valence-electron chi connectivity index (χ4n) is 2.70. The highest BCUT2D eigenvalue weighted by molar-refractivity contribution is 7.80. The Hall–Kier alpha value is -1.92. The number of pyridine rings is 1. The van der Waals surface area contributed by atoms with Gasteiger partial charge in [-0.15, -0.1) is 0 Å².